The van der Waals surface area contributed by atoms with Crippen LogP contribution < -0.4 is 0 Å². The number of aromatic nitrogens is 2. The van der Waals surface area contributed by atoms with E-state index in [2.05, 4.69) is 6.07 Å². The van der Waals surface area contributed by atoms with Crippen LogP contribution in [0.1, 0.15) is 27.8 Å². The highest BCUT2D eigenvalue weighted by Gasteiger charge is 2.42. The van der Waals surface area contributed by atoms with Crippen LogP contribution in [0, 0.1) is 25.2 Å². The van der Waals surface area contributed by atoms with Crippen LogP contribution in [-0.2, 0) is 12.4 Å². The number of hydrogen-bond donors (Lipinski definition) is 0. The predicted molar refractivity (Wildman–Crippen MR) is 236 cm³/mol. The summed E-state index contributed by atoms with van der Waals surface area (Å²) in [6, 6.07) is 49.3. The second-order valence-corrected chi connectivity index (χ2v) is 15.5. The number of nitrogens with zero attached hydrogens (tertiary/aromatic N) is 3. The molecule has 3 nitrogen and oxygen atoms in total. The quantitative estimate of drug-likeness (QED) is 0.159. The van der Waals surface area contributed by atoms with Crippen molar-refractivity contribution in [1.29, 1.82) is 5.26 Å². The van der Waals surface area contributed by atoms with Crippen LogP contribution in [0.2, 0.25) is 0 Å². The summed E-state index contributed by atoms with van der Waals surface area (Å²) in [5.41, 5.74) is 4.15. The molecule has 10 rings (SSSR count). The van der Waals surface area contributed by atoms with Crippen molar-refractivity contribution in [3.63, 3.8) is 0 Å². The molecular weight excluding hydrogens is 793 g/mol. The Bertz CT molecular complexity index is 3450. The standard InChI is InChI=1S/C53H33F6N3/c1-31-12-3-5-14-36(31)33-22-24-47-40(26-33)38-16-7-9-20-45(38)61(47)49-29-42(51-43(52(54,55)56)18-11-19-44(51)53(57,58)59)50(28-35(49)30-60)62-46-21-10-8-17-39(46)41-27-34(23-25-48(41)62)37-15-6-4-13-32(37)2/h3-29H,1-2H3. The Morgan fingerprint density at radius 3 is 1.32 bits per heavy atom. The first-order chi connectivity index (χ1) is 29.8. The van der Waals surface area contributed by atoms with E-state index in [-0.39, 0.29) is 22.5 Å². The third-order valence-corrected chi connectivity index (χ3v) is 11.9. The van der Waals surface area contributed by atoms with Crippen molar-refractivity contribution in [3.8, 4) is 50.8 Å². The number of benzene rings is 8. The Hall–Kier alpha value is -7.57. The van der Waals surface area contributed by atoms with Crippen molar-refractivity contribution >= 4 is 43.6 Å². The Labute approximate surface area is 351 Å². The number of hydrogen-bond acceptors (Lipinski definition) is 1. The van der Waals surface area contributed by atoms with Crippen molar-refractivity contribution in [3.05, 3.63) is 192 Å². The average Bonchev–Trinajstić information content (AvgIpc) is 3.77. The maximum Gasteiger partial charge on any atom is 0.417 e. The van der Waals surface area contributed by atoms with Crippen molar-refractivity contribution in [2.24, 2.45) is 0 Å². The molecule has 0 fully saturated rings. The fourth-order valence-electron chi connectivity index (χ4n) is 9.15. The minimum atomic E-state index is -5.18. The van der Waals surface area contributed by atoms with Gasteiger partial charge in [-0.15, -0.1) is 0 Å². The lowest BCUT2D eigenvalue weighted by Crippen LogP contribution is -2.15. The maximum atomic E-state index is 15.2. The van der Waals surface area contributed by atoms with Crippen LogP contribution in [0.25, 0.3) is 88.4 Å². The van der Waals surface area contributed by atoms with Crippen LogP contribution in [-0.4, -0.2) is 9.13 Å². The number of halogens is 6. The Kier molecular flexibility index (Phi) is 8.89. The Balaban J connectivity index is 1.34. The van der Waals surface area contributed by atoms with Crippen LogP contribution in [0.15, 0.2) is 164 Å². The normalized spacial score (nSPS) is 12.2. The number of aryl methyl sites for hydroxylation is 2. The molecule has 2 aromatic heterocycles. The Morgan fingerprint density at radius 2 is 0.855 bits per heavy atom. The zero-order valence-corrected chi connectivity index (χ0v) is 33.2. The van der Waals surface area contributed by atoms with E-state index in [1.54, 1.807) is 21.3 Å². The van der Waals surface area contributed by atoms with Crippen LogP contribution in [0.4, 0.5) is 26.3 Å². The SMILES string of the molecule is Cc1ccccc1-c1ccc2c(c1)c1ccccc1n2-c1cc(-c2c(C(F)(F)F)cccc2C(F)(F)F)c(-n2c3ccccc3c3cc(-c4ccccc4C)ccc32)cc1C#N. The summed E-state index contributed by atoms with van der Waals surface area (Å²) in [5, 5.41) is 14.1. The predicted octanol–water partition coefficient (Wildman–Crippen LogP) is 15.4. The van der Waals surface area contributed by atoms with Crippen molar-refractivity contribution in [2.75, 3.05) is 0 Å². The summed E-state index contributed by atoms with van der Waals surface area (Å²) >= 11 is 0. The van der Waals surface area contributed by atoms with Gasteiger partial charge in [-0.05, 0) is 108 Å². The highest BCUT2D eigenvalue weighted by atomic mass is 19.4. The van der Waals surface area contributed by atoms with Gasteiger partial charge in [0.05, 0.1) is 50.1 Å². The van der Waals surface area contributed by atoms with Gasteiger partial charge in [-0.1, -0.05) is 103 Å². The molecule has 0 saturated carbocycles. The zero-order valence-electron chi connectivity index (χ0n) is 33.2. The molecule has 0 aliphatic carbocycles. The van der Waals surface area contributed by atoms with Gasteiger partial charge >= 0.3 is 12.4 Å². The molecule has 0 aliphatic heterocycles. The lowest BCUT2D eigenvalue weighted by atomic mass is 9.90. The van der Waals surface area contributed by atoms with Gasteiger partial charge in [0.15, 0.2) is 0 Å². The van der Waals surface area contributed by atoms with Gasteiger partial charge < -0.3 is 9.13 Å². The highest BCUT2D eigenvalue weighted by molar-refractivity contribution is 6.12. The van der Waals surface area contributed by atoms with Crippen LogP contribution in [0.3, 0.4) is 0 Å². The summed E-state index contributed by atoms with van der Waals surface area (Å²) in [6.45, 7) is 4.01. The van der Waals surface area contributed by atoms with Gasteiger partial charge in [-0.3, -0.25) is 0 Å². The number of fused-ring (bicyclic) bond motifs is 6. The van der Waals surface area contributed by atoms with Gasteiger partial charge in [-0.25, -0.2) is 0 Å². The number of nitriles is 1. The van der Waals surface area contributed by atoms with Crippen LogP contribution >= 0.6 is 0 Å². The van der Waals surface area contributed by atoms with Gasteiger partial charge in [0.25, 0.3) is 0 Å². The molecule has 8 aromatic carbocycles. The minimum Gasteiger partial charge on any atom is -0.309 e. The van der Waals surface area contributed by atoms with E-state index in [9.17, 15) is 5.26 Å². The molecule has 10 aromatic rings. The van der Waals surface area contributed by atoms with E-state index in [4.69, 9.17) is 0 Å². The van der Waals surface area contributed by atoms with E-state index in [1.807, 2.05) is 135 Å². The van der Waals surface area contributed by atoms with E-state index >= 15 is 26.3 Å². The van der Waals surface area contributed by atoms with E-state index in [1.165, 1.54) is 12.1 Å². The average molecular weight is 826 g/mol. The lowest BCUT2D eigenvalue weighted by Gasteiger charge is -2.24. The number of rotatable bonds is 5. The molecule has 62 heavy (non-hydrogen) atoms. The van der Waals surface area contributed by atoms with Crippen molar-refractivity contribution in [1.82, 2.24) is 9.13 Å². The molecule has 0 N–H and O–H groups in total. The lowest BCUT2D eigenvalue weighted by molar-refractivity contribution is -0.142. The third-order valence-electron chi connectivity index (χ3n) is 11.9. The molecule has 0 saturated heterocycles. The molecule has 0 unspecified atom stereocenters. The van der Waals surface area contributed by atoms with Gasteiger partial charge in [0.2, 0.25) is 0 Å². The number of alkyl halides is 6. The summed E-state index contributed by atoms with van der Waals surface area (Å²) < 4.78 is 94.8. The van der Waals surface area contributed by atoms with Crippen molar-refractivity contribution < 1.29 is 26.3 Å². The van der Waals surface area contributed by atoms with E-state index in [0.717, 1.165) is 61.0 Å². The molecule has 0 amide bonds. The second-order valence-electron chi connectivity index (χ2n) is 15.5. The molecular formula is C53H33F6N3. The number of para-hydroxylation sites is 2. The first-order valence-corrected chi connectivity index (χ1v) is 19.9. The molecule has 0 atom stereocenters. The van der Waals surface area contributed by atoms with Crippen LogP contribution in [0.5, 0.6) is 0 Å². The summed E-state index contributed by atoms with van der Waals surface area (Å²) in [6.07, 6.45) is -10.4. The zero-order chi connectivity index (χ0) is 43.1. The van der Waals surface area contributed by atoms with Gasteiger partial charge in [0, 0.05) is 32.7 Å². The molecule has 0 radical (unpaired) electrons. The third kappa shape index (κ3) is 6.13. The van der Waals surface area contributed by atoms with E-state index in [0.29, 0.717) is 34.2 Å². The van der Waals surface area contributed by atoms with Gasteiger partial charge in [-0.2, -0.15) is 31.6 Å². The second kappa shape index (κ2) is 14.3. The molecule has 302 valence electrons. The first kappa shape index (κ1) is 38.6. The summed E-state index contributed by atoms with van der Waals surface area (Å²) in [4.78, 5) is 0. The maximum absolute atomic E-state index is 15.2. The minimum absolute atomic E-state index is 0.00931. The molecule has 0 bridgehead atoms. The topological polar surface area (TPSA) is 33.6 Å². The van der Waals surface area contributed by atoms with E-state index < -0.39 is 29.0 Å². The summed E-state index contributed by atoms with van der Waals surface area (Å²) in [7, 11) is 0. The largest absolute Gasteiger partial charge is 0.417 e. The van der Waals surface area contributed by atoms with Crippen molar-refractivity contribution in [2.45, 2.75) is 26.2 Å². The molecule has 9 heteroatoms. The fraction of sp³-hybridized carbons (Fsp3) is 0.0755. The molecule has 0 aliphatic rings. The van der Waals surface area contributed by atoms with Gasteiger partial charge in [0.1, 0.15) is 6.07 Å². The summed E-state index contributed by atoms with van der Waals surface area (Å²) in [5.74, 6) is 0. The fourth-order valence-corrected chi connectivity index (χ4v) is 9.15. The molecule has 2 heterocycles. The monoisotopic (exact) mass is 825 g/mol. The highest BCUT2D eigenvalue weighted by Crippen LogP contribution is 2.49. The first-order valence-electron chi connectivity index (χ1n) is 19.9. The Morgan fingerprint density at radius 1 is 0.419 bits per heavy atom. The molecule has 0 spiro atoms. The smallest absolute Gasteiger partial charge is 0.309 e.